The lowest BCUT2D eigenvalue weighted by atomic mass is 9.85. The molecule has 0 fully saturated rings. The lowest BCUT2D eigenvalue weighted by Gasteiger charge is -2.27. The van der Waals surface area contributed by atoms with Crippen LogP contribution in [0.1, 0.15) is 51.9 Å². The van der Waals surface area contributed by atoms with Crippen molar-refractivity contribution in [3.63, 3.8) is 0 Å². The maximum Gasteiger partial charge on any atom is 0.0485 e. The molecule has 0 aliphatic heterocycles. The third-order valence-corrected chi connectivity index (χ3v) is 4.76. The van der Waals surface area contributed by atoms with Crippen molar-refractivity contribution in [3.05, 3.63) is 64.0 Å². The van der Waals surface area contributed by atoms with Gasteiger partial charge in [-0.3, -0.25) is 4.98 Å². The molecule has 0 spiro atoms. The summed E-state index contributed by atoms with van der Waals surface area (Å²) in [7, 11) is 2.07. The van der Waals surface area contributed by atoms with Crippen LogP contribution in [0, 0.1) is 20.8 Å². The van der Waals surface area contributed by atoms with Crippen molar-refractivity contribution in [2.24, 2.45) is 0 Å². The molecular weight excluding hydrogens is 256 g/mol. The van der Waals surface area contributed by atoms with Gasteiger partial charge in [0.15, 0.2) is 0 Å². The Kier molecular flexibility index (Phi) is 3.81. The second-order valence-corrected chi connectivity index (χ2v) is 6.27. The summed E-state index contributed by atoms with van der Waals surface area (Å²) < 4.78 is 0. The quantitative estimate of drug-likeness (QED) is 0.919. The van der Waals surface area contributed by atoms with Gasteiger partial charge in [0.2, 0.25) is 0 Å². The Balaban J connectivity index is 2.05. The highest BCUT2D eigenvalue weighted by atomic mass is 14.9. The minimum Gasteiger partial charge on any atom is -0.312 e. The normalized spacial score (nSPS) is 18.6. The van der Waals surface area contributed by atoms with Crippen molar-refractivity contribution in [2.45, 2.75) is 45.6 Å². The predicted octanol–water partition coefficient (Wildman–Crippen LogP) is 4.00. The SMILES string of the molecule is CNC(c1c(C)cc(C)cc1C)C1CCc2cccnc21. The fraction of sp³-hybridized carbons (Fsp3) is 0.421. The summed E-state index contributed by atoms with van der Waals surface area (Å²) in [5, 5.41) is 3.56. The molecule has 0 saturated heterocycles. The summed E-state index contributed by atoms with van der Waals surface area (Å²) >= 11 is 0. The van der Waals surface area contributed by atoms with E-state index in [9.17, 15) is 0 Å². The summed E-state index contributed by atoms with van der Waals surface area (Å²) in [5.74, 6) is 0.478. The number of likely N-dealkylation sites (N-methyl/N-ethyl adjacent to an activating group) is 1. The molecule has 2 nitrogen and oxygen atoms in total. The Morgan fingerprint density at radius 1 is 1.19 bits per heavy atom. The van der Waals surface area contributed by atoms with Crippen LogP contribution >= 0.6 is 0 Å². The lowest BCUT2D eigenvalue weighted by Crippen LogP contribution is -2.25. The molecule has 2 aromatic rings. The first-order valence-corrected chi connectivity index (χ1v) is 7.80. The van der Waals surface area contributed by atoms with E-state index in [1.165, 1.54) is 39.9 Å². The van der Waals surface area contributed by atoms with Gasteiger partial charge in [-0.15, -0.1) is 0 Å². The maximum atomic E-state index is 4.67. The molecule has 21 heavy (non-hydrogen) atoms. The predicted molar refractivity (Wildman–Crippen MR) is 87.8 cm³/mol. The molecule has 1 heterocycles. The van der Waals surface area contributed by atoms with Crippen LogP contribution in [-0.2, 0) is 6.42 Å². The van der Waals surface area contributed by atoms with Crippen LogP contribution in [0.15, 0.2) is 30.5 Å². The second kappa shape index (κ2) is 5.61. The Morgan fingerprint density at radius 3 is 2.57 bits per heavy atom. The van der Waals surface area contributed by atoms with E-state index in [0.717, 1.165) is 6.42 Å². The number of aromatic nitrogens is 1. The van der Waals surface area contributed by atoms with E-state index < -0.39 is 0 Å². The fourth-order valence-electron chi connectivity index (χ4n) is 4.00. The molecule has 0 radical (unpaired) electrons. The highest BCUT2D eigenvalue weighted by molar-refractivity contribution is 5.43. The molecule has 2 atom stereocenters. The van der Waals surface area contributed by atoms with E-state index in [-0.39, 0.29) is 0 Å². The molecule has 0 bridgehead atoms. The van der Waals surface area contributed by atoms with Crippen LogP contribution < -0.4 is 5.32 Å². The average molecular weight is 280 g/mol. The number of aryl methyl sites for hydroxylation is 4. The monoisotopic (exact) mass is 280 g/mol. The molecule has 1 N–H and O–H groups in total. The number of rotatable bonds is 3. The van der Waals surface area contributed by atoms with E-state index in [4.69, 9.17) is 0 Å². The van der Waals surface area contributed by atoms with E-state index in [0.29, 0.717) is 12.0 Å². The summed E-state index contributed by atoms with van der Waals surface area (Å²) in [4.78, 5) is 4.67. The van der Waals surface area contributed by atoms with Gasteiger partial charge in [0.05, 0.1) is 0 Å². The van der Waals surface area contributed by atoms with Crippen LogP contribution in [0.4, 0.5) is 0 Å². The van der Waals surface area contributed by atoms with Crippen LogP contribution in [0.5, 0.6) is 0 Å². The summed E-state index contributed by atoms with van der Waals surface area (Å²) in [6, 6.07) is 9.21. The van der Waals surface area contributed by atoms with E-state index in [2.05, 4.69) is 62.4 Å². The van der Waals surface area contributed by atoms with E-state index in [1.54, 1.807) is 0 Å². The van der Waals surface area contributed by atoms with E-state index >= 15 is 0 Å². The summed E-state index contributed by atoms with van der Waals surface area (Å²) in [5.41, 5.74) is 8.27. The molecule has 1 aromatic heterocycles. The zero-order valence-electron chi connectivity index (χ0n) is 13.4. The highest BCUT2D eigenvalue weighted by Crippen LogP contribution is 2.42. The number of benzene rings is 1. The fourth-order valence-corrected chi connectivity index (χ4v) is 4.00. The first-order valence-electron chi connectivity index (χ1n) is 7.80. The Hall–Kier alpha value is -1.67. The summed E-state index contributed by atoms with van der Waals surface area (Å²) in [6.07, 6.45) is 4.26. The molecule has 3 rings (SSSR count). The number of nitrogens with one attached hydrogen (secondary N) is 1. The van der Waals surface area contributed by atoms with Gasteiger partial charge in [0.25, 0.3) is 0 Å². The van der Waals surface area contributed by atoms with Gasteiger partial charge in [0, 0.05) is 23.9 Å². The number of pyridine rings is 1. The minimum atomic E-state index is 0.349. The zero-order chi connectivity index (χ0) is 15.0. The van der Waals surface area contributed by atoms with Gasteiger partial charge in [-0.2, -0.15) is 0 Å². The van der Waals surface area contributed by atoms with Crippen molar-refractivity contribution in [3.8, 4) is 0 Å². The first-order chi connectivity index (χ1) is 10.1. The molecular formula is C19H24N2. The standard InChI is InChI=1S/C19H24N2/c1-12-10-13(2)17(14(3)11-12)19(20-4)16-8-7-15-6-5-9-21-18(15)16/h5-6,9-11,16,19-20H,7-8H2,1-4H3. The second-order valence-electron chi connectivity index (χ2n) is 6.27. The average Bonchev–Trinajstić information content (AvgIpc) is 2.86. The largest absolute Gasteiger partial charge is 0.312 e. The lowest BCUT2D eigenvalue weighted by molar-refractivity contribution is 0.466. The Bertz CT molecular complexity index is 637. The Labute approximate surface area is 127 Å². The third kappa shape index (κ3) is 2.49. The number of hydrogen-bond donors (Lipinski definition) is 1. The molecule has 0 amide bonds. The summed E-state index contributed by atoms with van der Waals surface area (Å²) in [6.45, 7) is 6.63. The topological polar surface area (TPSA) is 24.9 Å². The molecule has 110 valence electrons. The van der Waals surface area contributed by atoms with Gasteiger partial charge < -0.3 is 5.32 Å². The number of hydrogen-bond acceptors (Lipinski definition) is 2. The smallest absolute Gasteiger partial charge is 0.0485 e. The number of nitrogens with zero attached hydrogens (tertiary/aromatic N) is 1. The van der Waals surface area contributed by atoms with Crippen LogP contribution in [0.3, 0.4) is 0 Å². The van der Waals surface area contributed by atoms with Gasteiger partial charge in [-0.1, -0.05) is 23.8 Å². The first kappa shape index (κ1) is 14.3. The van der Waals surface area contributed by atoms with Crippen molar-refractivity contribution in [1.29, 1.82) is 0 Å². The van der Waals surface area contributed by atoms with E-state index in [1.807, 2.05) is 6.20 Å². The van der Waals surface area contributed by atoms with Crippen LogP contribution in [0.2, 0.25) is 0 Å². The van der Waals surface area contributed by atoms with Crippen molar-refractivity contribution in [2.75, 3.05) is 7.05 Å². The highest BCUT2D eigenvalue weighted by Gasteiger charge is 2.32. The zero-order valence-corrected chi connectivity index (χ0v) is 13.4. The maximum absolute atomic E-state index is 4.67. The Morgan fingerprint density at radius 2 is 1.90 bits per heavy atom. The molecule has 1 aliphatic carbocycles. The third-order valence-electron chi connectivity index (χ3n) is 4.76. The van der Waals surface area contributed by atoms with Gasteiger partial charge >= 0.3 is 0 Å². The number of fused-ring (bicyclic) bond motifs is 1. The van der Waals surface area contributed by atoms with Gasteiger partial charge in [-0.25, -0.2) is 0 Å². The van der Waals surface area contributed by atoms with Gasteiger partial charge in [-0.05, 0) is 69.0 Å². The molecule has 2 unspecified atom stereocenters. The van der Waals surface area contributed by atoms with Crippen LogP contribution in [-0.4, -0.2) is 12.0 Å². The van der Waals surface area contributed by atoms with Crippen LogP contribution in [0.25, 0.3) is 0 Å². The van der Waals surface area contributed by atoms with Gasteiger partial charge in [0.1, 0.15) is 0 Å². The molecule has 1 aromatic carbocycles. The molecule has 1 aliphatic rings. The van der Waals surface area contributed by atoms with Crippen molar-refractivity contribution < 1.29 is 0 Å². The van der Waals surface area contributed by atoms with Crippen molar-refractivity contribution >= 4 is 0 Å². The molecule has 2 heteroatoms. The minimum absolute atomic E-state index is 0.349. The molecule has 0 saturated carbocycles. The van der Waals surface area contributed by atoms with Crippen molar-refractivity contribution in [1.82, 2.24) is 10.3 Å².